The standard InChI is InChI=1S/C11H15BrO3S/c1-8-6-4-5-7-9(8)10(13)11(2,12)16(3,14)15/h4-7,10,13H,1-3H3. The van der Waals surface area contributed by atoms with Crippen molar-refractivity contribution >= 4 is 25.8 Å². The molecule has 0 bridgehead atoms. The molecule has 0 radical (unpaired) electrons. The first kappa shape index (κ1) is 13.7. The first-order chi connectivity index (χ1) is 7.18. The van der Waals surface area contributed by atoms with E-state index < -0.39 is 19.6 Å². The third-order valence-electron chi connectivity index (χ3n) is 2.70. The molecule has 2 atom stereocenters. The van der Waals surface area contributed by atoms with Gasteiger partial charge in [-0.15, -0.1) is 0 Å². The smallest absolute Gasteiger partial charge is 0.165 e. The molecule has 1 rings (SSSR count). The number of aliphatic hydroxyl groups excluding tert-OH is 1. The van der Waals surface area contributed by atoms with Crippen LogP contribution in [0.2, 0.25) is 0 Å². The summed E-state index contributed by atoms with van der Waals surface area (Å²) in [6.45, 7) is 3.29. The van der Waals surface area contributed by atoms with E-state index >= 15 is 0 Å². The molecule has 0 amide bonds. The molecule has 0 fully saturated rings. The van der Waals surface area contributed by atoms with Gasteiger partial charge in [0.1, 0.15) is 6.10 Å². The molecule has 0 aromatic heterocycles. The van der Waals surface area contributed by atoms with Crippen molar-refractivity contribution in [1.82, 2.24) is 0 Å². The van der Waals surface area contributed by atoms with Gasteiger partial charge in [-0.1, -0.05) is 40.2 Å². The van der Waals surface area contributed by atoms with Crippen LogP contribution in [0.1, 0.15) is 24.2 Å². The van der Waals surface area contributed by atoms with Gasteiger partial charge in [0.25, 0.3) is 0 Å². The lowest BCUT2D eigenvalue weighted by molar-refractivity contribution is 0.167. The summed E-state index contributed by atoms with van der Waals surface area (Å²) in [6, 6.07) is 7.18. The van der Waals surface area contributed by atoms with Gasteiger partial charge in [0, 0.05) is 6.26 Å². The Morgan fingerprint density at radius 2 is 1.88 bits per heavy atom. The topological polar surface area (TPSA) is 54.4 Å². The van der Waals surface area contributed by atoms with E-state index in [1.165, 1.54) is 6.92 Å². The van der Waals surface area contributed by atoms with Crippen LogP contribution in [0.25, 0.3) is 0 Å². The maximum absolute atomic E-state index is 11.6. The van der Waals surface area contributed by atoms with Gasteiger partial charge in [-0.25, -0.2) is 8.42 Å². The van der Waals surface area contributed by atoms with Crippen LogP contribution in [-0.4, -0.2) is 23.4 Å². The summed E-state index contributed by atoms with van der Waals surface area (Å²) in [4.78, 5) is 0. The Balaban J connectivity index is 3.23. The molecule has 1 N–H and O–H groups in total. The molecule has 2 unspecified atom stereocenters. The van der Waals surface area contributed by atoms with Crippen molar-refractivity contribution in [2.24, 2.45) is 0 Å². The number of benzene rings is 1. The average Bonchev–Trinajstić information content (AvgIpc) is 2.15. The Morgan fingerprint density at radius 3 is 2.31 bits per heavy atom. The molecule has 0 saturated heterocycles. The molecule has 0 heterocycles. The fourth-order valence-corrected chi connectivity index (χ4v) is 2.15. The Kier molecular flexibility index (Phi) is 3.82. The second-order valence-electron chi connectivity index (χ2n) is 4.02. The van der Waals surface area contributed by atoms with Gasteiger partial charge >= 0.3 is 0 Å². The third kappa shape index (κ3) is 2.47. The van der Waals surface area contributed by atoms with E-state index in [4.69, 9.17) is 0 Å². The number of aliphatic hydroxyl groups is 1. The van der Waals surface area contributed by atoms with Crippen molar-refractivity contribution in [3.05, 3.63) is 35.4 Å². The second-order valence-corrected chi connectivity index (χ2v) is 8.58. The van der Waals surface area contributed by atoms with Crippen LogP contribution in [0.3, 0.4) is 0 Å². The average molecular weight is 307 g/mol. The van der Waals surface area contributed by atoms with Crippen molar-refractivity contribution in [2.75, 3.05) is 6.26 Å². The second kappa shape index (κ2) is 4.47. The van der Waals surface area contributed by atoms with Crippen LogP contribution in [0.4, 0.5) is 0 Å². The minimum absolute atomic E-state index is 0.618. The lowest BCUT2D eigenvalue weighted by atomic mass is 10.0. The largest absolute Gasteiger partial charge is 0.386 e. The molecular formula is C11H15BrO3S. The van der Waals surface area contributed by atoms with Crippen LogP contribution in [0, 0.1) is 6.92 Å². The summed E-state index contributed by atoms with van der Waals surface area (Å²) < 4.78 is 21.8. The number of halogens is 1. The molecule has 0 saturated carbocycles. The molecule has 16 heavy (non-hydrogen) atoms. The van der Waals surface area contributed by atoms with Gasteiger partial charge in [-0.2, -0.15) is 0 Å². The minimum atomic E-state index is -3.40. The highest BCUT2D eigenvalue weighted by atomic mass is 79.9. The molecule has 0 aliphatic carbocycles. The molecular weight excluding hydrogens is 292 g/mol. The lowest BCUT2D eigenvalue weighted by Gasteiger charge is -2.27. The van der Waals surface area contributed by atoms with Gasteiger partial charge in [-0.3, -0.25) is 0 Å². The highest BCUT2D eigenvalue weighted by Crippen LogP contribution is 2.38. The van der Waals surface area contributed by atoms with Crippen molar-refractivity contribution in [1.29, 1.82) is 0 Å². The monoisotopic (exact) mass is 306 g/mol. The third-order valence-corrected chi connectivity index (χ3v) is 6.57. The van der Waals surface area contributed by atoms with Crippen LogP contribution < -0.4 is 0 Å². The SMILES string of the molecule is Cc1ccccc1C(O)C(C)(Br)S(C)(=O)=O. The van der Waals surface area contributed by atoms with E-state index in [9.17, 15) is 13.5 Å². The first-order valence-corrected chi connectivity index (χ1v) is 7.48. The minimum Gasteiger partial charge on any atom is -0.386 e. The normalized spacial score (nSPS) is 17.8. The number of hydrogen-bond donors (Lipinski definition) is 1. The molecule has 0 aliphatic rings. The van der Waals surface area contributed by atoms with Gasteiger partial charge in [0.2, 0.25) is 0 Å². The first-order valence-electron chi connectivity index (χ1n) is 4.80. The van der Waals surface area contributed by atoms with Gasteiger partial charge in [0.05, 0.1) is 0 Å². The van der Waals surface area contributed by atoms with E-state index in [2.05, 4.69) is 15.9 Å². The summed E-state index contributed by atoms with van der Waals surface area (Å²) in [5.41, 5.74) is 1.48. The Bertz CT molecular complexity index is 480. The van der Waals surface area contributed by atoms with Crippen molar-refractivity contribution in [3.63, 3.8) is 0 Å². The fraction of sp³-hybridized carbons (Fsp3) is 0.455. The maximum atomic E-state index is 11.6. The zero-order chi connectivity index (χ0) is 12.6. The van der Waals surface area contributed by atoms with Crippen molar-refractivity contribution in [2.45, 2.75) is 23.6 Å². The van der Waals surface area contributed by atoms with E-state index in [-0.39, 0.29) is 0 Å². The number of aryl methyl sites for hydroxylation is 1. The number of alkyl halides is 1. The van der Waals surface area contributed by atoms with Crippen LogP contribution in [-0.2, 0) is 9.84 Å². The van der Waals surface area contributed by atoms with Crippen LogP contribution in [0.15, 0.2) is 24.3 Å². The molecule has 1 aromatic rings. The van der Waals surface area contributed by atoms with E-state index in [1.807, 2.05) is 19.1 Å². The summed E-state index contributed by atoms with van der Waals surface area (Å²) >= 11 is 3.10. The van der Waals surface area contributed by atoms with E-state index in [1.54, 1.807) is 12.1 Å². The van der Waals surface area contributed by atoms with Gasteiger partial charge < -0.3 is 5.11 Å². The number of hydrogen-bond acceptors (Lipinski definition) is 3. The lowest BCUT2D eigenvalue weighted by Crippen LogP contribution is -2.35. The predicted octanol–water partition coefficient (Wildman–Crippen LogP) is 2.18. The number of sulfone groups is 1. The molecule has 0 aliphatic heterocycles. The van der Waals surface area contributed by atoms with Gasteiger partial charge in [-0.05, 0) is 25.0 Å². The quantitative estimate of drug-likeness (QED) is 0.871. The molecule has 5 heteroatoms. The van der Waals surface area contributed by atoms with Crippen molar-refractivity contribution in [3.8, 4) is 0 Å². The molecule has 90 valence electrons. The molecule has 1 aromatic carbocycles. The summed E-state index contributed by atoms with van der Waals surface area (Å²) in [6.07, 6.45) is 0.00664. The summed E-state index contributed by atoms with van der Waals surface area (Å²) in [5, 5.41) is 10.1. The highest BCUT2D eigenvalue weighted by Gasteiger charge is 2.41. The zero-order valence-corrected chi connectivity index (χ0v) is 11.8. The van der Waals surface area contributed by atoms with E-state index in [0.717, 1.165) is 11.8 Å². The molecule has 3 nitrogen and oxygen atoms in total. The molecule has 0 spiro atoms. The maximum Gasteiger partial charge on any atom is 0.165 e. The van der Waals surface area contributed by atoms with Crippen LogP contribution >= 0.6 is 15.9 Å². The van der Waals surface area contributed by atoms with E-state index in [0.29, 0.717) is 5.56 Å². The Labute approximate surface area is 105 Å². The highest BCUT2D eigenvalue weighted by molar-refractivity contribution is 9.11. The summed E-state index contributed by atoms with van der Waals surface area (Å²) in [5.74, 6) is 0. The predicted molar refractivity (Wildman–Crippen MR) is 68.3 cm³/mol. The Hall–Kier alpha value is -0.390. The summed E-state index contributed by atoms with van der Waals surface area (Å²) in [7, 11) is -3.40. The van der Waals surface area contributed by atoms with Crippen LogP contribution in [0.5, 0.6) is 0 Å². The van der Waals surface area contributed by atoms with Gasteiger partial charge in [0.15, 0.2) is 13.5 Å². The zero-order valence-electron chi connectivity index (χ0n) is 9.44. The van der Waals surface area contributed by atoms with Crippen molar-refractivity contribution < 1.29 is 13.5 Å². The fourth-order valence-electron chi connectivity index (χ4n) is 1.37. The number of rotatable bonds is 3. The Morgan fingerprint density at radius 1 is 1.38 bits per heavy atom.